The Hall–Kier alpha value is -1.59. The van der Waals surface area contributed by atoms with Gasteiger partial charge in [0.25, 0.3) is 0 Å². The van der Waals surface area contributed by atoms with Gasteiger partial charge in [0.1, 0.15) is 0 Å². The highest BCUT2D eigenvalue weighted by molar-refractivity contribution is 6.62. The van der Waals surface area contributed by atoms with Crippen LogP contribution in [-0.2, 0) is 14.1 Å². The molecule has 1 heterocycles. The van der Waals surface area contributed by atoms with Crippen LogP contribution >= 0.6 is 0 Å². The Bertz CT molecular complexity index is 594. The van der Waals surface area contributed by atoms with Gasteiger partial charge in [0, 0.05) is 12.7 Å². The Balaban J connectivity index is 2.39. The van der Waals surface area contributed by atoms with Crippen LogP contribution in [0, 0.1) is 6.92 Å². The zero-order valence-corrected chi connectivity index (χ0v) is 14.3. The molecule has 1 aliphatic rings. The van der Waals surface area contributed by atoms with Crippen LogP contribution in [0.5, 0.6) is 0 Å². The zero-order chi connectivity index (χ0) is 16.7. The van der Waals surface area contributed by atoms with Gasteiger partial charge in [-0.05, 0) is 57.8 Å². The molecule has 2 rings (SSSR count). The molecular formula is C17H24BNO3. The minimum atomic E-state index is -0.433. The van der Waals surface area contributed by atoms with Crippen LogP contribution in [0.4, 0.5) is 5.69 Å². The lowest BCUT2D eigenvalue weighted by molar-refractivity contribution is -0.113. The van der Waals surface area contributed by atoms with E-state index in [9.17, 15) is 4.79 Å². The molecule has 22 heavy (non-hydrogen) atoms. The van der Waals surface area contributed by atoms with Gasteiger partial charge in [-0.3, -0.25) is 4.79 Å². The molecule has 5 heteroatoms. The molecule has 0 saturated carbocycles. The molecule has 0 radical (unpaired) electrons. The van der Waals surface area contributed by atoms with Gasteiger partial charge < -0.3 is 14.2 Å². The van der Waals surface area contributed by atoms with E-state index in [0.717, 1.165) is 16.7 Å². The number of hydrogen-bond acceptors (Lipinski definition) is 3. The van der Waals surface area contributed by atoms with Crippen molar-refractivity contribution in [3.05, 3.63) is 36.4 Å². The van der Waals surface area contributed by atoms with Crippen molar-refractivity contribution >= 4 is 24.2 Å². The van der Waals surface area contributed by atoms with Crippen molar-refractivity contribution in [2.75, 3.05) is 11.9 Å². The first-order chi connectivity index (χ1) is 10.1. The number of carbonyl (C=O) groups excluding carboxylic acids is 1. The summed E-state index contributed by atoms with van der Waals surface area (Å²) in [5.74, 6) is -0.144. The summed E-state index contributed by atoms with van der Waals surface area (Å²) in [6.07, 6.45) is 1.31. The van der Waals surface area contributed by atoms with Crippen LogP contribution in [0.1, 0.15) is 33.3 Å². The summed E-state index contributed by atoms with van der Waals surface area (Å²) < 4.78 is 12.2. The van der Waals surface area contributed by atoms with Crippen LogP contribution < -0.4 is 10.4 Å². The lowest BCUT2D eigenvalue weighted by Gasteiger charge is -2.32. The fraction of sp³-hybridized carbons (Fsp3) is 0.471. The van der Waals surface area contributed by atoms with Gasteiger partial charge in [-0.15, -0.1) is 0 Å². The highest BCUT2D eigenvalue weighted by Crippen LogP contribution is 2.37. The van der Waals surface area contributed by atoms with Gasteiger partial charge in [-0.25, -0.2) is 0 Å². The van der Waals surface area contributed by atoms with Crippen LogP contribution in [-0.4, -0.2) is 31.3 Å². The second-order valence-electron chi connectivity index (χ2n) is 6.68. The molecule has 0 bridgehead atoms. The predicted molar refractivity (Wildman–Crippen MR) is 90.5 cm³/mol. The number of nitrogens with zero attached hydrogens (tertiary/aromatic N) is 1. The monoisotopic (exact) mass is 301 g/mol. The highest BCUT2D eigenvalue weighted by atomic mass is 16.7. The van der Waals surface area contributed by atoms with E-state index < -0.39 is 7.12 Å². The first kappa shape index (κ1) is 16.8. The molecule has 1 aromatic rings. The molecule has 1 aromatic carbocycles. The predicted octanol–water partition coefficient (Wildman–Crippen LogP) is 2.44. The number of carbonyl (C=O) groups is 1. The zero-order valence-electron chi connectivity index (χ0n) is 14.3. The van der Waals surface area contributed by atoms with Crippen molar-refractivity contribution in [3.8, 4) is 0 Å². The molecule has 0 spiro atoms. The molecule has 1 aliphatic heterocycles. The maximum Gasteiger partial charge on any atom is 0.495 e. The Labute approximate surface area is 133 Å². The Kier molecular flexibility index (Phi) is 4.24. The molecule has 0 atom stereocenters. The normalized spacial score (nSPS) is 19.1. The van der Waals surface area contributed by atoms with Crippen LogP contribution in [0.15, 0.2) is 30.9 Å². The number of rotatable bonds is 3. The third kappa shape index (κ3) is 2.71. The van der Waals surface area contributed by atoms with E-state index in [-0.39, 0.29) is 17.1 Å². The molecule has 1 amide bonds. The molecule has 1 fully saturated rings. The minimum absolute atomic E-state index is 0.144. The first-order valence-electron chi connectivity index (χ1n) is 7.46. The second kappa shape index (κ2) is 5.56. The fourth-order valence-electron chi connectivity index (χ4n) is 2.49. The van der Waals surface area contributed by atoms with E-state index in [1.807, 2.05) is 52.8 Å². The van der Waals surface area contributed by atoms with Gasteiger partial charge in [0.2, 0.25) is 5.91 Å². The van der Waals surface area contributed by atoms with E-state index >= 15 is 0 Å². The summed E-state index contributed by atoms with van der Waals surface area (Å²) in [6, 6.07) is 5.80. The van der Waals surface area contributed by atoms with Crippen molar-refractivity contribution in [1.82, 2.24) is 0 Å². The van der Waals surface area contributed by atoms with Crippen molar-refractivity contribution < 1.29 is 14.1 Å². The second-order valence-corrected chi connectivity index (χ2v) is 6.68. The molecule has 0 aliphatic carbocycles. The lowest BCUT2D eigenvalue weighted by Crippen LogP contribution is -2.41. The molecular weight excluding hydrogens is 277 g/mol. The summed E-state index contributed by atoms with van der Waals surface area (Å²) in [5, 5.41) is 0. The number of benzene rings is 1. The van der Waals surface area contributed by atoms with E-state index in [0.29, 0.717) is 0 Å². The topological polar surface area (TPSA) is 38.8 Å². The quantitative estimate of drug-likeness (QED) is 0.636. The van der Waals surface area contributed by atoms with Gasteiger partial charge in [-0.2, -0.15) is 0 Å². The molecule has 0 aromatic heterocycles. The minimum Gasteiger partial charge on any atom is -0.399 e. The lowest BCUT2D eigenvalue weighted by atomic mass is 9.75. The molecule has 4 nitrogen and oxygen atoms in total. The third-order valence-corrected chi connectivity index (χ3v) is 4.72. The van der Waals surface area contributed by atoms with Crippen LogP contribution in [0.3, 0.4) is 0 Å². The van der Waals surface area contributed by atoms with Crippen LogP contribution in [0.2, 0.25) is 0 Å². The largest absolute Gasteiger partial charge is 0.495 e. The van der Waals surface area contributed by atoms with E-state index in [4.69, 9.17) is 9.31 Å². The SMILES string of the molecule is C=CC(=O)N(C)c1cccc(B2OC(C)(C)C(C)(C)O2)c1C. The van der Waals surface area contributed by atoms with Crippen molar-refractivity contribution in [2.24, 2.45) is 0 Å². The number of likely N-dealkylation sites (N-methyl/N-ethyl adjacent to an activating group) is 1. The average Bonchev–Trinajstić information content (AvgIpc) is 2.65. The van der Waals surface area contributed by atoms with Crippen LogP contribution in [0.25, 0.3) is 0 Å². The summed E-state index contributed by atoms with van der Waals surface area (Å²) in [4.78, 5) is 13.4. The number of hydrogen-bond donors (Lipinski definition) is 0. The summed E-state index contributed by atoms with van der Waals surface area (Å²) >= 11 is 0. The van der Waals surface area contributed by atoms with Crippen molar-refractivity contribution in [2.45, 2.75) is 45.8 Å². The first-order valence-corrected chi connectivity index (χ1v) is 7.46. The van der Waals surface area contributed by atoms with Gasteiger partial charge in [-0.1, -0.05) is 18.7 Å². The van der Waals surface area contributed by atoms with Crippen molar-refractivity contribution in [3.63, 3.8) is 0 Å². The molecule has 118 valence electrons. The Morgan fingerprint density at radius 1 is 1.23 bits per heavy atom. The third-order valence-electron chi connectivity index (χ3n) is 4.72. The Morgan fingerprint density at radius 3 is 2.27 bits per heavy atom. The average molecular weight is 301 g/mol. The van der Waals surface area contributed by atoms with Gasteiger partial charge >= 0.3 is 7.12 Å². The van der Waals surface area contributed by atoms with E-state index in [2.05, 4.69) is 6.58 Å². The Morgan fingerprint density at radius 2 is 1.77 bits per heavy atom. The highest BCUT2D eigenvalue weighted by Gasteiger charge is 2.52. The summed E-state index contributed by atoms with van der Waals surface area (Å²) in [7, 11) is 1.30. The maximum absolute atomic E-state index is 11.8. The van der Waals surface area contributed by atoms with Gasteiger partial charge in [0.05, 0.1) is 11.2 Å². The molecule has 0 N–H and O–H groups in total. The van der Waals surface area contributed by atoms with Crippen molar-refractivity contribution in [1.29, 1.82) is 0 Å². The fourth-order valence-corrected chi connectivity index (χ4v) is 2.49. The number of amides is 1. The van der Waals surface area contributed by atoms with E-state index in [1.165, 1.54) is 6.08 Å². The standard InChI is InChI=1S/C17H24BNO3/c1-8-15(20)19(7)14-11-9-10-13(12(14)2)18-21-16(3,4)17(5,6)22-18/h8-11H,1H2,2-7H3. The summed E-state index contributed by atoms with van der Waals surface area (Å²) in [6.45, 7) is 13.6. The molecule has 1 saturated heterocycles. The number of anilines is 1. The maximum atomic E-state index is 11.8. The van der Waals surface area contributed by atoms with Gasteiger partial charge in [0.15, 0.2) is 0 Å². The summed E-state index contributed by atoms with van der Waals surface area (Å²) in [5.41, 5.74) is 1.97. The van der Waals surface area contributed by atoms with E-state index in [1.54, 1.807) is 11.9 Å². The molecule has 0 unspecified atom stereocenters. The smallest absolute Gasteiger partial charge is 0.399 e.